The number of nitrogens with zero attached hydrogens (tertiary/aromatic N) is 1. The van der Waals surface area contributed by atoms with E-state index in [1.165, 1.54) is 0 Å². The Labute approximate surface area is 116 Å². The summed E-state index contributed by atoms with van der Waals surface area (Å²) in [5, 5.41) is 5.94. The van der Waals surface area contributed by atoms with E-state index < -0.39 is 0 Å². The Morgan fingerprint density at radius 3 is 2.68 bits per heavy atom. The quantitative estimate of drug-likeness (QED) is 0.878. The van der Waals surface area contributed by atoms with Gasteiger partial charge in [0.2, 0.25) is 0 Å². The molecule has 0 aliphatic rings. The van der Waals surface area contributed by atoms with Gasteiger partial charge in [-0.2, -0.15) is 0 Å². The summed E-state index contributed by atoms with van der Waals surface area (Å²) in [6.45, 7) is 3.02. The van der Waals surface area contributed by atoms with E-state index in [4.69, 9.17) is 5.73 Å². The van der Waals surface area contributed by atoms with Gasteiger partial charge in [0.25, 0.3) is 5.91 Å². The monoisotopic (exact) mass is 275 g/mol. The molecule has 0 atom stereocenters. The first-order valence-corrected chi connectivity index (χ1v) is 7.11. The number of aromatic nitrogens is 1. The van der Waals surface area contributed by atoms with Crippen molar-refractivity contribution >= 4 is 17.2 Å². The van der Waals surface area contributed by atoms with E-state index >= 15 is 0 Å². The van der Waals surface area contributed by atoms with E-state index in [0.717, 1.165) is 22.7 Å². The number of nitrogens with one attached hydrogen (secondary N) is 1. The van der Waals surface area contributed by atoms with E-state index in [1.807, 2.05) is 17.5 Å². The van der Waals surface area contributed by atoms with Gasteiger partial charge < -0.3 is 11.1 Å². The van der Waals surface area contributed by atoms with Crippen LogP contribution in [0.1, 0.15) is 33.5 Å². The average molecular weight is 275 g/mol. The molecule has 1 aromatic carbocycles. The number of hydrogen-bond donors (Lipinski definition) is 2. The van der Waals surface area contributed by atoms with Crippen LogP contribution >= 0.6 is 11.3 Å². The van der Waals surface area contributed by atoms with Gasteiger partial charge in [-0.25, -0.2) is 4.98 Å². The predicted molar refractivity (Wildman–Crippen MR) is 77.0 cm³/mol. The normalized spacial score (nSPS) is 10.4. The van der Waals surface area contributed by atoms with Crippen molar-refractivity contribution in [3.8, 4) is 0 Å². The molecule has 0 spiro atoms. The zero-order valence-corrected chi connectivity index (χ0v) is 11.7. The van der Waals surface area contributed by atoms with Crippen molar-refractivity contribution in [2.75, 3.05) is 0 Å². The van der Waals surface area contributed by atoms with E-state index in [-0.39, 0.29) is 5.91 Å². The zero-order valence-electron chi connectivity index (χ0n) is 10.8. The third-order valence-corrected chi connectivity index (χ3v) is 3.83. The summed E-state index contributed by atoms with van der Waals surface area (Å²) < 4.78 is 0. The molecule has 0 aliphatic carbocycles. The summed E-state index contributed by atoms with van der Waals surface area (Å²) in [6, 6.07) is 7.31. The topological polar surface area (TPSA) is 68.0 Å². The number of rotatable bonds is 5. The molecule has 100 valence electrons. The van der Waals surface area contributed by atoms with Gasteiger partial charge in [-0.3, -0.25) is 4.79 Å². The number of hydrogen-bond acceptors (Lipinski definition) is 4. The van der Waals surface area contributed by atoms with Crippen molar-refractivity contribution in [3.63, 3.8) is 0 Å². The molecule has 2 aromatic rings. The molecule has 0 saturated carbocycles. The van der Waals surface area contributed by atoms with Crippen LogP contribution in [0.5, 0.6) is 0 Å². The Bertz CT molecular complexity index is 548. The van der Waals surface area contributed by atoms with E-state index in [9.17, 15) is 4.79 Å². The van der Waals surface area contributed by atoms with Crippen molar-refractivity contribution in [3.05, 3.63) is 51.5 Å². The Morgan fingerprint density at radius 2 is 2.11 bits per heavy atom. The lowest BCUT2D eigenvalue weighted by molar-refractivity contribution is 0.0950. The molecular weight excluding hydrogens is 258 g/mol. The Morgan fingerprint density at radius 1 is 1.37 bits per heavy atom. The molecule has 1 heterocycles. The van der Waals surface area contributed by atoms with Crippen LogP contribution in [0.15, 0.2) is 29.6 Å². The lowest BCUT2D eigenvalue weighted by Crippen LogP contribution is -2.23. The van der Waals surface area contributed by atoms with Crippen molar-refractivity contribution in [1.82, 2.24) is 10.3 Å². The first-order chi connectivity index (χ1) is 9.22. The van der Waals surface area contributed by atoms with Crippen LogP contribution in [-0.2, 0) is 19.5 Å². The number of aryl methyl sites for hydroxylation is 1. The molecule has 3 N–H and O–H groups in total. The second-order valence-electron chi connectivity index (χ2n) is 4.17. The van der Waals surface area contributed by atoms with E-state index in [1.54, 1.807) is 23.5 Å². The van der Waals surface area contributed by atoms with Gasteiger partial charge in [-0.05, 0) is 24.1 Å². The molecule has 19 heavy (non-hydrogen) atoms. The first-order valence-electron chi connectivity index (χ1n) is 6.23. The van der Waals surface area contributed by atoms with Gasteiger partial charge >= 0.3 is 0 Å². The number of benzene rings is 1. The fraction of sp³-hybridized carbons (Fsp3) is 0.286. The molecule has 4 nitrogen and oxygen atoms in total. The fourth-order valence-electron chi connectivity index (χ4n) is 1.66. The number of carbonyl (C=O) groups is 1. The second-order valence-corrected chi connectivity index (χ2v) is 5.11. The van der Waals surface area contributed by atoms with Gasteiger partial charge in [-0.1, -0.05) is 19.1 Å². The van der Waals surface area contributed by atoms with Crippen LogP contribution in [0.4, 0.5) is 0 Å². The predicted octanol–water partition coefficient (Wildman–Crippen LogP) is 2.09. The minimum absolute atomic E-state index is 0.0883. The summed E-state index contributed by atoms with van der Waals surface area (Å²) in [7, 11) is 0. The third kappa shape index (κ3) is 3.62. The molecular formula is C14H17N3OS. The molecule has 5 heteroatoms. The maximum atomic E-state index is 11.9. The van der Waals surface area contributed by atoms with Crippen LogP contribution in [0.2, 0.25) is 0 Å². The lowest BCUT2D eigenvalue weighted by Gasteiger charge is -2.04. The molecule has 1 aromatic heterocycles. The van der Waals surface area contributed by atoms with Crippen molar-refractivity contribution < 1.29 is 4.79 Å². The molecule has 1 amide bonds. The minimum Gasteiger partial charge on any atom is -0.346 e. The molecule has 0 aliphatic heterocycles. The van der Waals surface area contributed by atoms with Crippen LogP contribution < -0.4 is 11.1 Å². The van der Waals surface area contributed by atoms with Crippen LogP contribution in [0.3, 0.4) is 0 Å². The van der Waals surface area contributed by atoms with Crippen molar-refractivity contribution in [1.29, 1.82) is 0 Å². The highest BCUT2D eigenvalue weighted by Gasteiger charge is 2.06. The second kappa shape index (κ2) is 6.45. The largest absolute Gasteiger partial charge is 0.346 e. The van der Waals surface area contributed by atoms with E-state index in [0.29, 0.717) is 18.7 Å². The molecule has 2 rings (SSSR count). The van der Waals surface area contributed by atoms with Crippen LogP contribution in [-0.4, -0.2) is 10.9 Å². The highest BCUT2D eigenvalue weighted by molar-refractivity contribution is 7.09. The van der Waals surface area contributed by atoms with Crippen LogP contribution in [0, 0.1) is 0 Å². The smallest absolute Gasteiger partial charge is 0.251 e. The first kappa shape index (κ1) is 13.7. The lowest BCUT2D eigenvalue weighted by atomic mass is 10.1. The molecule has 0 fully saturated rings. The maximum Gasteiger partial charge on any atom is 0.251 e. The number of carbonyl (C=O) groups excluding carboxylic acids is 1. The number of nitrogens with two attached hydrogens (primary N) is 1. The summed E-state index contributed by atoms with van der Waals surface area (Å²) in [4.78, 5) is 16.3. The third-order valence-electron chi connectivity index (χ3n) is 2.78. The summed E-state index contributed by atoms with van der Waals surface area (Å²) >= 11 is 1.63. The van der Waals surface area contributed by atoms with Gasteiger partial charge in [-0.15, -0.1) is 11.3 Å². The fourth-order valence-corrected chi connectivity index (χ4v) is 2.40. The van der Waals surface area contributed by atoms with Crippen molar-refractivity contribution in [2.24, 2.45) is 5.73 Å². The minimum atomic E-state index is -0.0883. The highest BCUT2D eigenvalue weighted by atomic mass is 32.1. The van der Waals surface area contributed by atoms with Gasteiger partial charge in [0.1, 0.15) is 0 Å². The summed E-state index contributed by atoms with van der Waals surface area (Å²) in [5.74, 6) is -0.0883. The SMILES string of the molecule is CCc1nc(CNC(=O)c2ccc(CN)cc2)cs1. The Hall–Kier alpha value is -1.72. The van der Waals surface area contributed by atoms with Gasteiger partial charge in [0.05, 0.1) is 17.2 Å². The Balaban J connectivity index is 1.93. The molecule has 0 bridgehead atoms. The zero-order chi connectivity index (χ0) is 13.7. The summed E-state index contributed by atoms with van der Waals surface area (Å²) in [6.07, 6.45) is 0.930. The molecule has 0 radical (unpaired) electrons. The number of thiazole rings is 1. The Kier molecular flexibility index (Phi) is 4.65. The highest BCUT2D eigenvalue weighted by Crippen LogP contribution is 2.10. The standard InChI is InChI=1S/C14H17N3OS/c1-2-13-17-12(9-19-13)8-16-14(18)11-5-3-10(7-15)4-6-11/h3-6,9H,2,7-8,15H2,1H3,(H,16,18). The average Bonchev–Trinajstić information content (AvgIpc) is 2.93. The summed E-state index contributed by atoms with van der Waals surface area (Å²) in [5.41, 5.74) is 8.09. The molecule has 0 unspecified atom stereocenters. The van der Waals surface area contributed by atoms with Crippen LogP contribution in [0.25, 0.3) is 0 Å². The van der Waals surface area contributed by atoms with Crippen molar-refractivity contribution in [2.45, 2.75) is 26.4 Å². The van der Waals surface area contributed by atoms with Gasteiger partial charge in [0, 0.05) is 17.5 Å². The number of amides is 1. The van der Waals surface area contributed by atoms with E-state index in [2.05, 4.69) is 17.2 Å². The molecule has 0 saturated heterocycles. The van der Waals surface area contributed by atoms with Gasteiger partial charge in [0.15, 0.2) is 0 Å². The maximum absolute atomic E-state index is 11.9.